The molecule has 1 heterocycles. The summed E-state index contributed by atoms with van der Waals surface area (Å²) in [6.45, 7) is 1.92. The predicted molar refractivity (Wildman–Crippen MR) is 91.6 cm³/mol. The second-order valence-electron chi connectivity index (χ2n) is 7.03. The van der Waals surface area contributed by atoms with Crippen LogP contribution in [0.4, 0.5) is 11.6 Å². The molecule has 0 aromatic carbocycles. The van der Waals surface area contributed by atoms with E-state index in [1.807, 2.05) is 32.0 Å². The Morgan fingerprint density at radius 3 is 2.35 bits per heavy atom. The summed E-state index contributed by atoms with van der Waals surface area (Å²) in [7, 11) is 3.97. The number of rotatable bonds is 5. The van der Waals surface area contributed by atoms with Gasteiger partial charge in [-0.3, -0.25) is 4.79 Å². The molecule has 0 radical (unpaired) electrons. The van der Waals surface area contributed by atoms with Crippen LogP contribution < -0.4 is 15.5 Å². The lowest BCUT2D eigenvalue weighted by Crippen LogP contribution is -2.40. The van der Waals surface area contributed by atoms with Crippen molar-refractivity contribution < 1.29 is 4.79 Å². The Labute approximate surface area is 138 Å². The Balaban J connectivity index is 1.51. The summed E-state index contributed by atoms with van der Waals surface area (Å²) < 4.78 is 0. The minimum Gasteiger partial charge on any atom is -0.367 e. The van der Waals surface area contributed by atoms with E-state index in [2.05, 4.69) is 20.6 Å². The van der Waals surface area contributed by atoms with E-state index in [9.17, 15) is 4.79 Å². The minimum atomic E-state index is 0.267. The highest BCUT2D eigenvalue weighted by molar-refractivity contribution is 5.81. The quantitative estimate of drug-likeness (QED) is 0.870. The van der Waals surface area contributed by atoms with Crippen LogP contribution in [0.3, 0.4) is 0 Å². The maximum Gasteiger partial charge on any atom is 0.223 e. The number of aryl methyl sites for hydroxylation is 1. The average Bonchev–Trinajstić information content (AvgIpc) is 3.33. The van der Waals surface area contributed by atoms with Crippen LogP contribution in [0, 0.1) is 12.8 Å². The van der Waals surface area contributed by atoms with Gasteiger partial charge < -0.3 is 15.5 Å². The van der Waals surface area contributed by atoms with Gasteiger partial charge >= 0.3 is 0 Å². The number of amides is 1. The van der Waals surface area contributed by atoms with Crippen molar-refractivity contribution in [2.75, 3.05) is 24.3 Å². The third kappa shape index (κ3) is 4.33. The molecule has 2 aliphatic rings. The number of nitrogens with one attached hydrogen (secondary N) is 2. The van der Waals surface area contributed by atoms with E-state index in [-0.39, 0.29) is 5.91 Å². The highest BCUT2D eigenvalue weighted by atomic mass is 16.2. The van der Waals surface area contributed by atoms with E-state index in [0.29, 0.717) is 18.0 Å². The molecule has 1 amide bonds. The van der Waals surface area contributed by atoms with E-state index in [0.717, 1.165) is 56.0 Å². The van der Waals surface area contributed by atoms with Gasteiger partial charge in [-0.05, 0) is 45.4 Å². The molecule has 2 saturated carbocycles. The number of carbonyl (C=O) groups excluding carboxylic acids is 1. The molecule has 0 saturated heterocycles. The number of anilines is 2. The van der Waals surface area contributed by atoms with E-state index >= 15 is 0 Å². The molecule has 2 N–H and O–H groups in total. The first-order chi connectivity index (χ1) is 11.0. The van der Waals surface area contributed by atoms with Gasteiger partial charge in [0.2, 0.25) is 5.91 Å². The van der Waals surface area contributed by atoms with Crippen molar-refractivity contribution >= 4 is 17.5 Å². The van der Waals surface area contributed by atoms with E-state index in [1.54, 1.807) is 0 Å². The summed E-state index contributed by atoms with van der Waals surface area (Å²) in [5, 5.41) is 6.73. The SMILES string of the molecule is Cc1nc(NC2CCC(NC(=O)C3CC3)CC2)cc(N(C)C)n1. The smallest absolute Gasteiger partial charge is 0.223 e. The van der Waals surface area contributed by atoms with Gasteiger partial charge in [-0.2, -0.15) is 0 Å². The number of hydrogen-bond donors (Lipinski definition) is 2. The zero-order valence-corrected chi connectivity index (χ0v) is 14.3. The van der Waals surface area contributed by atoms with Crippen LogP contribution in [-0.4, -0.2) is 42.1 Å². The lowest BCUT2D eigenvalue weighted by Gasteiger charge is -2.30. The van der Waals surface area contributed by atoms with Crippen LogP contribution in [0.15, 0.2) is 6.07 Å². The third-order valence-electron chi connectivity index (χ3n) is 4.66. The maximum atomic E-state index is 11.8. The number of carbonyl (C=O) groups is 1. The molecule has 0 spiro atoms. The van der Waals surface area contributed by atoms with Gasteiger partial charge in [0, 0.05) is 38.2 Å². The van der Waals surface area contributed by atoms with Crippen molar-refractivity contribution in [1.29, 1.82) is 0 Å². The fraction of sp³-hybridized carbons (Fsp3) is 0.706. The van der Waals surface area contributed by atoms with Gasteiger partial charge in [-0.25, -0.2) is 9.97 Å². The van der Waals surface area contributed by atoms with Crippen LogP contribution in [-0.2, 0) is 4.79 Å². The molecule has 0 aliphatic heterocycles. The monoisotopic (exact) mass is 317 g/mol. The first-order valence-corrected chi connectivity index (χ1v) is 8.61. The molecule has 0 unspecified atom stereocenters. The minimum absolute atomic E-state index is 0.267. The van der Waals surface area contributed by atoms with Crippen LogP contribution in [0.5, 0.6) is 0 Å². The topological polar surface area (TPSA) is 70.2 Å². The Bertz CT molecular complexity index is 562. The maximum absolute atomic E-state index is 11.8. The van der Waals surface area contributed by atoms with E-state index in [4.69, 9.17) is 0 Å². The lowest BCUT2D eigenvalue weighted by atomic mass is 9.91. The first-order valence-electron chi connectivity index (χ1n) is 8.61. The summed E-state index contributed by atoms with van der Waals surface area (Å²) in [4.78, 5) is 22.7. The number of nitrogens with zero attached hydrogens (tertiary/aromatic N) is 3. The Morgan fingerprint density at radius 2 is 1.74 bits per heavy atom. The van der Waals surface area contributed by atoms with Gasteiger partial charge in [0.1, 0.15) is 17.5 Å². The van der Waals surface area contributed by atoms with Crippen molar-refractivity contribution in [2.24, 2.45) is 5.92 Å². The molecule has 3 rings (SSSR count). The van der Waals surface area contributed by atoms with Crippen molar-refractivity contribution in [2.45, 2.75) is 57.5 Å². The predicted octanol–water partition coefficient (Wildman–Crippen LogP) is 2.10. The van der Waals surface area contributed by atoms with E-state index < -0.39 is 0 Å². The molecule has 126 valence electrons. The Kier molecular flexibility index (Phi) is 4.68. The average molecular weight is 317 g/mol. The highest BCUT2D eigenvalue weighted by Gasteiger charge is 2.32. The summed E-state index contributed by atoms with van der Waals surface area (Å²) in [5.41, 5.74) is 0. The van der Waals surface area contributed by atoms with Gasteiger partial charge in [-0.15, -0.1) is 0 Å². The molecule has 6 nitrogen and oxygen atoms in total. The molecule has 2 aliphatic carbocycles. The molecule has 0 bridgehead atoms. The third-order valence-corrected chi connectivity index (χ3v) is 4.66. The summed E-state index contributed by atoms with van der Waals surface area (Å²) in [6, 6.07) is 2.77. The second-order valence-corrected chi connectivity index (χ2v) is 7.03. The van der Waals surface area contributed by atoms with Gasteiger partial charge in [0.25, 0.3) is 0 Å². The van der Waals surface area contributed by atoms with Gasteiger partial charge in [-0.1, -0.05) is 0 Å². The lowest BCUT2D eigenvalue weighted by molar-refractivity contribution is -0.123. The first kappa shape index (κ1) is 16.0. The van der Waals surface area contributed by atoms with Crippen LogP contribution >= 0.6 is 0 Å². The summed E-state index contributed by atoms with van der Waals surface area (Å²) in [5.74, 6) is 3.17. The molecule has 1 aromatic heterocycles. The van der Waals surface area contributed by atoms with Crippen LogP contribution in [0.25, 0.3) is 0 Å². The molecular formula is C17H27N5O. The molecule has 6 heteroatoms. The zero-order valence-electron chi connectivity index (χ0n) is 14.3. The van der Waals surface area contributed by atoms with E-state index in [1.165, 1.54) is 0 Å². The molecule has 1 aromatic rings. The van der Waals surface area contributed by atoms with Crippen molar-refractivity contribution in [3.8, 4) is 0 Å². The molecule has 0 atom stereocenters. The summed E-state index contributed by atoms with van der Waals surface area (Å²) in [6.07, 6.45) is 6.36. The molecule has 23 heavy (non-hydrogen) atoms. The van der Waals surface area contributed by atoms with Crippen LogP contribution in [0.1, 0.15) is 44.3 Å². The molecular weight excluding hydrogens is 290 g/mol. The standard InChI is InChI=1S/C17H27N5O/c1-11-18-15(10-16(19-11)22(2)3)20-13-6-8-14(9-7-13)21-17(23)12-4-5-12/h10,12-14H,4-9H2,1-3H3,(H,21,23)(H,18,19,20). The van der Waals surface area contributed by atoms with Crippen molar-refractivity contribution in [3.05, 3.63) is 11.9 Å². The molecule has 2 fully saturated rings. The zero-order chi connectivity index (χ0) is 16.4. The normalized spacial score (nSPS) is 24.1. The number of aromatic nitrogens is 2. The Morgan fingerprint density at radius 1 is 1.09 bits per heavy atom. The van der Waals surface area contributed by atoms with Gasteiger partial charge in [0.15, 0.2) is 0 Å². The van der Waals surface area contributed by atoms with Gasteiger partial charge in [0.05, 0.1) is 0 Å². The van der Waals surface area contributed by atoms with Crippen LogP contribution in [0.2, 0.25) is 0 Å². The van der Waals surface area contributed by atoms with Crippen molar-refractivity contribution in [1.82, 2.24) is 15.3 Å². The second kappa shape index (κ2) is 6.72. The highest BCUT2D eigenvalue weighted by Crippen LogP contribution is 2.30. The largest absolute Gasteiger partial charge is 0.367 e. The van der Waals surface area contributed by atoms with Crippen molar-refractivity contribution in [3.63, 3.8) is 0 Å². The fourth-order valence-corrected chi connectivity index (χ4v) is 3.11. The Hall–Kier alpha value is -1.85. The summed E-state index contributed by atoms with van der Waals surface area (Å²) >= 11 is 0. The fourth-order valence-electron chi connectivity index (χ4n) is 3.11. The number of hydrogen-bond acceptors (Lipinski definition) is 5.